The van der Waals surface area contributed by atoms with E-state index in [-0.39, 0.29) is 22.8 Å². The molecule has 0 fully saturated rings. The number of para-hydroxylation sites is 1. The average molecular weight is 259 g/mol. The largest absolute Gasteiger partial charge is 0.504 e. The van der Waals surface area contributed by atoms with Gasteiger partial charge in [-0.05, 0) is 18.6 Å². The highest BCUT2D eigenvalue weighted by atomic mass is 79.9. The van der Waals surface area contributed by atoms with Gasteiger partial charge in [0.25, 0.3) is 0 Å². The van der Waals surface area contributed by atoms with Crippen molar-refractivity contribution in [1.82, 2.24) is 0 Å². The zero-order valence-electron chi connectivity index (χ0n) is 7.53. The topological polar surface area (TPSA) is 57.5 Å². The van der Waals surface area contributed by atoms with Crippen LogP contribution in [-0.4, -0.2) is 21.3 Å². The summed E-state index contributed by atoms with van der Waals surface area (Å²) in [7, 11) is 0. The molecule has 0 aromatic heterocycles. The number of ketones is 1. The number of rotatable bonds is 4. The molecule has 76 valence electrons. The number of Topliss-reactive ketones (excluding diaryl/α,β-unsaturated/α-hetero) is 1. The number of carbonyl (C=O) groups excluding carboxylic acids is 1. The maximum absolute atomic E-state index is 11.5. The molecule has 2 N–H and O–H groups in total. The summed E-state index contributed by atoms with van der Waals surface area (Å²) in [5.41, 5.74) is 0.186. The predicted octanol–water partition coefficient (Wildman–Crippen LogP) is 2.46. The van der Waals surface area contributed by atoms with Crippen LogP contribution >= 0.6 is 15.9 Å². The summed E-state index contributed by atoms with van der Waals surface area (Å²) in [5.74, 6) is -0.736. The van der Waals surface area contributed by atoms with E-state index in [0.717, 1.165) is 5.33 Å². The lowest BCUT2D eigenvalue weighted by atomic mass is 10.1. The van der Waals surface area contributed by atoms with E-state index in [4.69, 9.17) is 5.11 Å². The summed E-state index contributed by atoms with van der Waals surface area (Å²) in [6.07, 6.45) is 1.08. The Morgan fingerprint density at radius 2 is 2.07 bits per heavy atom. The first-order chi connectivity index (χ1) is 6.66. The minimum Gasteiger partial charge on any atom is -0.504 e. The number of benzene rings is 1. The fraction of sp³-hybridized carbons (Fsp3) is 0.300. The van der Waals surface area contributed by atoms with Crippen LogP contribution in [0, 0.1) is 0 Å². The van der Waals surface area contributed by atoms with Crippen LogP contribution in [-0.2, 0) is 0 Å². The standard InChI is InChI=1S/C10H11BrO3/c11-6-2-5-8(12)7-3-1-4-9(13)10(7)14/h1,3-4,13-14H,2,5-6H2. The van der Waals surface area contributed by atoms with E-state index in [1.54, 1.807) is 0 Å². The molecule has 0 bridgehead atoms. The lowest BCUT2D eigenvalue weighted by Crippen LogP contribution is -1.99. The molecular formula is C10H11BrO3. The molecule has 0 saturated carbocycles. The van der Waals surface area contributed by atoms with E-state index in [2.05, 4.69) is 15.9 Å². The van der Waals surface area contributed by atoms with Gasteiger partial charge in [0, 0.05) is 11.8 Å². The van der Waals surface area contributed by atoms with Crippen LogP contribution in [0.15, 0.2) is 18.2 Å². The van der Waals surface area contributed by atoms with Gasteiger partial charge in [-0.2, -0.15) is 0 Å². The first-order valence-corrected chi connectivity index (χ1v) is 5.39. The Hall–Kier alpha value is -1.03. The van der Waals surface area contributed by atoms with Crippen molar-refractivity contribution < 1.29 is 15.0 Å². The molecule has 0 spiro atoms. The van der Waals surface area contributed by atoms with Crippen LogP contribution in [0.5, 0.6) is 11.5 Å². The second kappa shape index (κ2) is 5.00. The Kier molecular flexibility index (Phi) is 3.95. The van der Waals surface area contributed by atoms with Gasteiger partial charge in [0.1, 0.15) is 0 Å². The summed E-state index contributed by atoms with van der Waals surface area (Å²) in [6.45, 7) is 0. The third-order valence-corrected chi connectivity index (χ3v) is 2.41. The molecule has 0 radical (unpaired) electrons. The molecule has 3 nitrogen and oxygen atoms in total. The third-order valence-electron chi connectivity index (χ3n) is 1.85. The quantitative estimate of drug-likeness (QED) is 0.496. The SMILES string of the molecule is O=C(CCCBr)c1cccc(O)c1O. The van der Waals surface area contributed by atoms with E-state index in [1.165, 1.54) is 18.2 Å². The van der Waals surface area contributed by atoms with Crippen molar-refractivity contribution >= 4 is 21.7 Å². The molecule has 1 rings (SSSR count). The Labute approximate surface area is 90.5 Å². The second-order valence-corrected chi connectivity index (χ2v) is 3.68. The lowest BCUT2D eigenvalue weighted by molar-refractivity contribution is 0.0979. The maximum Gasteiger partial charge on any atom is 0.168 e. The Morgan fingerprint density at radius 3 is 2.71 bits per heavy atom. The first kappa shape index (κ1) is 11.0. The summed E-state index contributed by atoms with van der Waals surface area (Å²) < 4.78 is 0. The van der Waals surface area contributed by atoms with Gasteiger partial charge in [0.05, 0.1) is 5.56 Å². The summed E-state index contributed by atoms with van der Waals surface area (Å²) in [6, 6.07) is 4.39. The third kappa shape index (κ3) is 2.48. The van der Waals surface area contributed by atoms with Gasteiger partial charge < -0.3 is 10.2 Å². The van der Waals surface area contributed by atoms with Crippen LogP contribution in [0.25, 0.3) is 0 Å². The second-order valence-electron chi connectivity index (χ2n) is 2.89. The van der Waals surface area contributed by atoms with Crippen molar-refractivity contribution in [2.75, 3.05) is 5.33 Å². The van der Waals surface area contributed by atoms with Gasteiger partial charge in [0.2, 0.25) is 0 Å². The van der Waals surface area contributed by atoms with Gasteiger partial charge in [0.15, 0.2) is 17.3 Å². The smallest absolute Gasteiger partial charge is 0.168 e. The van der Waals surface area contributed by atoms with E-state index in [1.807, 2.05) is 0 Å². The van der Waals surface area contributed by atoms with Crippen LogP contribution in [0.2, 0.25) is 0 Å². The highest BCUT2D eigenvalue weighted by molar-refractivity contribution is 9.09. The number of aromatic hydroxyl groups is 2. The Bertz CT molecular complexity index is 336. The molecule has 14 heavy (non-hydrogen) atoms. The molecule has 0 amide bonds. The molecule has 0 atom stereocenters. The summed E-state index contributed by atoms with van der Waals surface area (Å²) in [4.78, 5) is 11.5. The molecule has 0 aliphatic carbocycles. The predicted molar refractivity (Wildman–Crippen MR) is 57.1 cm³/mol. The number of hydrogen-bond acceptors (Lipinski definition) is 3. The molecule has 0 saturated heterocycles. The number of alkyl halides is 1. The van der Waals surface area contributed by atoms with Gasteiger partial charge in [-0.1, -0.05) is 22.0 Å². The zero-order chi connectivity index (χ0) is 10.6. The molecule has 0 aliphatic heterocycles. The summed E-state index contributed by atoms with van der Waals surface area (Å²) >= 11 is 3.22. The van der Waals surface area contributed by atoms with Crippen molar-refractivity contribution in [3.8, 4) is 11.5 Å². The molecule has 1 aromatic carbocycles. The number of halogens is 1. The van der Waals surface area contributed by atoms with Crippen LogP contribution in [0.1, 0.15) is 23.2 Å². The van der Waals surface area contributed by atoms with Crippen molar-refractivity contribution in [3.05, 3.63) is 23.8 Å². The van der Waals surface area contributed by atoms with Crippen molar-refractivity contribution in [2.45, 2.75) is 12.8 Å². The average Bonchev–Trinajstić information content (AvgIpc) is 2.18. The fourth-order valence-corrected chi connectivity index (χ4v) is 1.40. The molecule has 0 unspecified atom stereocenters. The monoisotopic (exact) mass is 258 g/mol. The Morgan fingerprint density at radius 1 is 1.36 bits per heavy atom. The van der Waals surface area contributed by atoms with E-state index < -0.39 is 0 Å². The van der Waals surface area contributed by atoms with Gasteiger partial charge in [-0.25, -0.2) is 0 Å². The van der Waals surface area contributed by atoms with Crippen LogP contribution < -0.4 is 0 Å². The van der Waals surface area contributed by atoms with E-state index in [9.17, 15) is 9.90 Å². The molecule has 1 aromatic rings. The molecule has 0 aliphatic rings. The first-order valence-electron chi connectivity index (χ1n) is 4.27. The minimum atomic E-state index is -0.327. The fourth-order valence-electron chi connectivity index (χ4n) is 1.12. The number of hydrogen-bond donors (Lipinski definition) is 2. The number of phenolic OH excluding ortho intramolecular Hbond substituents is 2. The maximum atomic E-state index is 11.5. The van der Waals surface area contributed by atoms with Crippen LogP contribution in [0.4, 0.5) is 0 Å². The van der Waals surface area contributed by atoms with E-state index >= 15 is 0 Å². The molecule has 4 heteroatoms. The normalized spacial score (nSPS) is 10.1. The highest BCUT2D eigenvalue weighted by Crippen LogP contribution is 2.29. The molecular weight excluding hydrogens is 248 g/mol. The molecule has 0 heterocycles. The zero-order valence-corrected chi connectivity index (χ0v) is 9.12. The van der Waals surface area contributed by atoms with Crippen molar-refractivity contribution in [3.63, 3.8) is 0 Å². The van der Waals surface area contributed by atoms with Gasteiger partial charge in [-0.15, -0.1) is 0 Å². The van der Waals surface area contributed by atoms with Crippen molar-refractivity contribution in [1.29, 1.82) is 0 Å². The van der Waals surface area contributed by atoms with E-state index in [0.29, 0.717) is 12.8 Å². The lowest BCUT2D eigenvalue weighted by Gasteiger charge is -2.03. The van der Waals surface area contributed by atoms with Gasteiger partial charge in [-0.3, -0.25) is 4.79 Å². The van der Waals surface area contributed by atoms with Crippen LogP contribution in [0.3, 0.4) is 0 Å². The minimum absolute atomic E-state index is 0.155. The van der Waals surface area contributed by atoms with Gasteiger partial charge >= 0.3 is 0 Å². The number of carbonyl (C=O) groups is 1. The Balaban J connectivity index is 2.84. The van der Waals surface area contributed by atoms with Crippen molar-refractivity contribution in [2.24, 2.45) is 0 Å². The highest BCUT2D eigenvalue weighted by Gasteiger charge is 2.12. The summed E-state index contributed by atoms with van der Waals surface area (Å²) in [5, 5.41) is 19.3. The number of phenols is 2.